The summed E-state index contributed by atoms with van der Waals surface area (Å²) < 4.78 is 19.0. The van der Waals surface area contributed by atoms with Gasteiger partial charge in [-0.3, -0.25) is 4.79 Å². The summed E-state index contributed by atoms with van der Waals surface area (Å²) in [5, 5.41) is 3.18. The lowest BCUT2D eigenvalue weighted by atomic mass is 9.74. The molecule has 0 unspecified atom stereocenters. The van der Waals surface area contributed by atoms with Gasteiger partial charge in [-0.15, -0.1) is 0 Å². The average Bonchev–Trinajstić information content (AvgIpc) is 2.55. The van der Waals surface area contributed by atoms with Crippen LogP contribution in [0.4, 0.5) is 4.39 Å². The molecule has 16 heavy (non-hydrogen) atoms. The van der Waals surface area contributed by atoms with Crippen LogP contribution in [0.3, 0.4) is 0 Å². The van der Waals surface area contributed by atoms with Crippen LogP contribution in [0.25, 0.3) is 0 Å². The summed E-state index contributed by atoms with van der Waals surface area (Å²) in [6.45, 7) is 1.45. The Morgan fingerprint density at radius 2 is 2.06 bits per heavy atom. The third kappa shape index (κ3) is 1.13. The fourth-order valence-electron chi connectivity index (χ4n) is 2.66. The van der Waals surface area contributed by atoms with Gasteiger partial charge >= 0.3 is 5.97 Å². The van der Waals surface area contributed by atoms with Crippen LogP contribution in [0.2, 0.25) is 0 Å². The van der Waals surface area contributed by atoms with Gasteiger partial charge < -0.3 is 10.1 Å². The molecule has 1 fully saturated rings. The van der Waals surface area contributed by atoms with E-state index in [0.717, 1.165) is 13.1 Å². The molecule has 1 N–H and O–H groups in total. The van der Waals surface area contributed by atoms with Gasteiger partial charge in [0, 0.05) is 5.56 Å². The van der Waals surface area contributed by atoms with Crippen molar-refractivity contribution in [1.82, 2.24) is 5.32 Å². The second-order valence-corrected chi connectivity index (χ2v) is 4.33. The van der Waals surface area contributed by atoms with Crippen molar-refractivity contribution < 1.29 is 13.9 Å². The largest absolute Gasteiger partial charge is 0.425 e. The number of rotatable bonds is 0. The Morgan fingerprint density at radius 3 is 2.81 bits per heavy atom. The number of carbonyl (C=O) groups is 1. The van der Waals surface area contributed by atoms with E-state index in [1.807, 2.05) is 0 Å². The number of ether oxygens (including phenoxy) is 1. The molecule has 0 saturated carbocycles. The SMILES string of the molecule is O=C1Oc2cccc(F)c2C12CCNCC2. The Kier molecular flexibility index (Phi) is 2.01. The molecule has 0 amide bonds. The number of benzene rings is 1. The van der Waals surface area contributed by atoms with Crippen molar-refractivity contribution in [1.29, 1.82) is 0 Å². The number of piperidine rings is 1. The van der Waals surface area contributed by atoms with Gasteiger partial charge in [0.2, 0.25) is 0 Å². The number of nitrogens with one attached hydrogen (secondary N) is 1. The summed E-state index contributed by atoms with van der Waals surface area (Å²) >= 11 is 0. The standard InChI is InChI=1S/C12H12FNO2/c13-8-2-1-3-9-10(8)12(11(15)16-9)4-6-14-7-5-12/h1-3,14H,4-7H2. The molecule has 84 valence electrons. The van der Waals surface area contributed by atoms with Crippen molar-refractivity contribution in [3.05, 3.63) is 29.6 Å². The highest BCUT2D eigenvalue weighted by Gasteiger charge is 2.51. The van der Waals surface area contributed by atoms with Crippen LogP contribution in [0.5, 0.6) is 5.75 Å². The zero-order chi connectivity index (χ0) is 11.2. The number of halogens is 1. The van der Waals surface area contributed by atoms with Crippen molar-refractivity contribution in [2.75, 3.05) is 13.1 Å². The van der Waals surface area contributed by atoms with Crippen molar-refractivity contribution in [2.45, 2.75) is 18.3 Å². The van der Waals surface area contributed by atoms with Crippen LogP contribution in [0, 0.1) is 5.82 Å². The van der Waals surface area contributed by atoms with E-state index in [0.29, 0.717) is 24.2 Å². The third-order valence-electron chi connectivity index (χ3n) is 3.50. The van der Waals surface area contributed by atoms with Gasteiger partial charge in [0.1, 0.15) is 17.0 Å². The smallest absolute Gasteiger partial charge is 0.322 e. The molecular formula is C12H12FNO2. The maximum absolute atomic E-state index is 13.8. The summed E-state index contributed by atoms with van der Waals surface area (Å²) in [5.74, 6) is -0.230. The lowest BCUT2D eigenvalue weighted by molar-refractivity contribution is -0.139. The maximum Gasteiger partial charge on any atom is 0.322 e. The first-order chi connectivity index (χ1) is 7.74. The molecule has 0 bridgehead atoms. The molecule has 3 rings (SSSR count). The Labute approximate surface area is 92.6 Å². The fraction of sp³-hybridized carbons (Fsp3) is 0.417. The highest BCUT2D eigenvalue weighted by Crippen LogP contribution is 2.46. The predicted octanol–water partition coefficient (Wildman–Crippen LogP) is 1.37. The zero-order valence-corrected chi connectivity index (χ0v) is 8.75. The van der Waals surface area contributed by atoms with Gasteiger partial charge in [0.05, 0.1) is 0 Å². The minimum atomic E-state index is -0.744. The van der Waals surface area contributed by atoms with Crippen molar-refractivity contribution >= 4 is 5.97 Å². The molecule has 1 spiro atoms. The number of hydrogen-bond donors (Lipinski definition) is 1. The Morgan fingerprint density at radius 1 is 1.31 bits per heavy atom. The molecule has 0 atom stereocenters. The zero-order valence-electron chi connectivity index (χ0n) is 8.75. The first-order valence-electron chi connectivity index (χ1n) is 5.46. The lowest BCUT2D eigenvalue weighted by Crippen LogP contribution is -2.44. The second-order valence-electron chi connectivity index (χ2n) is 4.33. The highest BCUT2D eigenvalue weighted by atomic mass is 19.1. The van der Waals surface area contributed by atoms with Gasteiger partial charge in [-0.25, -0.2) is 4.39 Å². The molecule has 0 radical (unpaired) electrons. The number of hydrogen-bond acceptors (Lipinski definition) is 3. The van der Waals surface area contributed by atoms with E-state index in [1.54, 1.807) is 12.1 Å². The second kappa shape index (κ2) is 3.28. The van der Waals surface area contributed by atoms with E-state index >= 15 is 0 Å². The van der Waals surface area contributed by atoms with E-state index < -0.39 is 5.41 Å². The van der Waals surface area contributed by atoms with E-state index in [9.17, 15) is 9.18 Å². The highest BCUT2D eigenvalue weighted by molar-refractivity contribution is 5.90. The topological polar surface area (TPSA) is 38.3 Å². The Bertz CT molecular complexity index is 452. The van der Waals surface area contributed by atoms with E-state index in [-0.39, 0.29) is 11.8 Å². The van der Waals surface area contributed by atoms with Crippen LogP contribution in [-0.2, 0) is 10.2 Å². The number of esters is 1. The first kappa shape index (κ1) is 9.78. The van der Waals surface area contributed by atoms with Crippen LogP contribution >= 0.6 is 0 Å². The molecule has 1 aromatic carbocycles. The quantitative estimate of drug-likeness (QED) is 0.531. The maximum atomic E-state index is 13.8. The van der Waals surface area contributed by atoms with Crippen LogP contribution in [-0.4, -0.2) is 19.1 Å². The minimum absolute atomic E-state index is 0.297. The summed E-state index contributed by atoms with van der Waals surface area (Å²) in [4.78, 5) is 11.9. The Hall–Kier alpha value is -1.42. The molecule has 2 aliphatic heterocycles. The van der Waals surface area contributed by atoms with Crippen molar-refractivity contribution in [2.24, 2.45) is 0 Å². The predicted molar refractivity (Wildman–Crippen MR) is 55.8 cm³/mol. The van der Waals surface area contributed by atoms with Gasteiger partial charge in [-0.05, 0) is 38.1 Å². The normalized spacial score (nSPS) is 21.9. The van der Waals surface area contributed by atoms with Gasteiger partial charge in [0.15, 0.2) is 0 Å². The first-order valence-corrected chi connectivity index (χ1v) is 5.46. The molecule has 2 heterocycles. The van der Waals surface area contributed by atoms with Crippen LogP contribution < -0.4 is 10.1 Å². The van der Waals surface area contributed by atoms with Crippen LogP contribution in [0.1, 0.15) is 18.4 Å². The minimum Gasteiger partial charge on any atom is -0.425 e. The fourth-order valence-corrected chi connectivity index (χ4v) is 2.66. The summed E-state index contributed by atoms with van der Waals surface area (Å²) in [6.07, 6.45) is 1.22. The summed E-state index contributed by atoms with van der Waals surface area (Å²) in [7, 11) is 0. The van der Waals surface area contributed by atoms with E-state index in [2.05, 4.69) is 5.32 Å². The average molecular weight is 221 g/mol. The molecular weight excluding hydrogens is 209 g/mol. The molecule has 1 saturated heterocycles. The van der Waals surface area contributed by atoms with Gasteiger partial charge in [-0.1, -0.05) is 6.07 Å². The van der Waals surface area contributed by atoms with Crippen molar-refractivity contribution in [3.63, 3.8) is 0 Å². The van der Waals surface area contributed by atoms with E-state index in [1.165, 1.54) is 6.07 Å². The van der Waals surface area contributed by atoms with Crippen molar-refractivity contribution in [3.8, 4) is 5.75 Å². The molecule has 2 aliphatic rings. The van der Waals surface area contributed by atoms with Gasteiger partial charge in [0.25, 0.3) is 0 Å². The third-order valence-corrected chi connectivity index (χ3v) is 3.50. The molecule has 3 nitrogen and oxygen atoms in total. The molecule has 0 aliphatic carbocycles. The molecule has 4 heteroatoms. The molecule has 0 aromatic heterocycles. The number of carbonyl (C=O) groups excluding carboxylic acids is 1. The summed E-state index contributed by atoms with van der Waals surface area (Å²) in [6, 6.07) is 4.62. The summed E-state index contributed by atoms with van der Waals surface area (Å²) in [5.41, 5.74) is -0.284. The lowest BCUT2D eigenvalue weighted by Gasteiger charge is -2.30. The Balaban J connectivity index is 2.17. The van der Waals surface area contributed by atoms with E-state index in [4.69, 9.17) is 4.74 Å². The monoisotopic (exact) mass is 221 g/mol. The van der Waals surface area contributed by atoms with Crippen LogP contribution in [0.15, 0.2) is 18.2 Å². The number of fused-ring (bicyclic) bond motifs is 2. The molecule has 1 aromatic rings. The van der Waals surface area contributed by atoms with Gasteiger partial charge in [-0.2, -0.15) is 0 Å².